The number of aromatic amines is 1. The van der Waals surface area contributed by atoms with E-state index in [0.717, 1.165) is 28.6 Å². The maximum Gasteiger partial charge on any atom is 0.252 e. The standard InChI is InChI=1S/C20H21N3O2/c1-20(9-3-10-21-19(20)25)15-6-7-16(22-18(15)24)14-5-4-13-8-11-23(2)17(13)12-14/h4-8,11-12H,3,9-10H2,1-2H3,(H,21,25)(H,22,24)/t20-/m1/s1. The molecule has 2 N–H and O–H groups in total. The van der Waals surface area contributed by atoms with Crippen molar-refractivity contribution in [1.29, 1.82) is 0 Å². The zero-order valence-corrected chi connectivity index (χ0v) is 14.4. The molecule has 0 saturated carbocycles. The van der Waals surface area contributed by atoms with Crippen molar-refractivity contribution >= 4 is 16.8 Å². The molecule has 1 atom stereocenters. The van der Waals surface area contributed by atoms with Crippen LogP contribution in [0, 0.1) is 0 Å². The van der Waals surface area contributed by atoms with Crippen LogP contribution in [-0.2, 0) is 17.3 Å². The molecule has 1 saturated heterocycles. The van der Waals surface area contributed by atoms with Crippen LogP contribution in [0.1, 0.15) is 25.3 Å². The number of H-pyrrole nitrogens is 1. The number of aromatic nitrogens is 2. The average molecular weight is 335 g/mol. The fourth-order valence-electron chi connectivity index (χ4n) is 3.72. The number of carbonyl (C=O) groups excluding carboxylic acids is 1. The second-order valence-electron chi connectivity index (χ2n) is 7.01. The number of aryl methyl sites for hydroxylation is 1. The Morgan fingerprint density at radius 1 is 1.12 bits per heavy atom. The molecule has 0 aliphatic carbocycles. The molecule has 1 amide bonds. The maximum absolute atomic E-state index is 12.7. The third-order valence-electron chi connectivity index (χ3n) is 5.34. The number of nitrogens with one attached hydrogen (secondary N) is 2. The van der Waals surface area contributed by atoms with Crippen LogP contribution in [0.2, 0.25) is 0 Å². The lowest BCUT2D eigenvalue weighted by molar-refractivity contribution is -0.128. The van der Waals surface area contributed by atoms with E-state index >= 15 is 0 Å². The number of piperidine rings is 1. The van der Waals surface area contributed by atoms with E-state index in [1.54, 1.807) is 6.07 Å². The highest BCUT2D eigenvalue weighted by Crippen LogP contribution is 2.30. The van der Waals surface area contributed by atoms with Crippen molar-refractivity contribution < 1.29 is 4.79 Å². The summed E-state index contributed by atoms with van der Waals surface area (Å²) in [7, 11) is 2.00. The first-order valence-electron chi connectivity index (χ1n) is 8.57. The van der Waals surface area contributed by atoms with Crippen LogP contribution >= 0.6 is 0 Å². The summed E-state index contributed by atoms with van der Waals surface area (Å²) < 4.78 is 2.05. The molecule has 1 aliphatic heterocycles. The molecule has 4 rings (SSSR count). The molecule has 1 aliphatic rings. The first-order chi connectivity index (χ1) is 12.0. The molecule has 25 heavy (non-hydrogen) atoms. The van der Waals surface area contributed by atoms with Crippen LogP contribution in [0.25, 0.3) is 22.2 Å². The van der Waals surface area contributed by atoms with Gasteiger partial charge in [0, 0.05) is 42.1 Å². The van der Waals surface area contributed by atoms with Gasteiger partial charge in [0.15, 0.2) is 0 Å². The first kappa shape index (κ1) is 15.7. The van der Waals surface area contributed by atoms with Gasteiger partial charge in [0.1, 0.15) is 0 Å². The molecule has 3 aromatic rings. The summed E-state index contributed by atoms with van der Waals surface area (Å²) in [6, 6.07) is 11.9. The van der Waals surface area contributed by atoms with Gasteiger partial charge in [-0.1, -0.05) is 18.2 Å². The molecule has 1 fully saturated rings. The number of pyridine rings is 1. The Morgan fingerprint density at radius 3 is 2.72 bits per heavy atom. The van der Waals surface area contributed by atoms with Gasteiger partial charge in [-0.15, -0.1) is 0 Å². The Hall–Kier alpha value is -2.82. The van der Waals surface area contributed by atoms with Crippen LogP contribution in [-0.4, -0.2) is 22.0 Å². The van der Waals surface area contributed by atoms with Gasteiger partial charge in [-0.25, -0.2) is 0 Å². The smallest absolute Gasteiger partial charge is 0.252 e. The zero-order valence-electron chi connectivity index (χ0n) is 14.4. The average Bonchev–Trinajstić information content (AvgIpc) is 2.98. The number of rotatable bonds is 2. The zero-order chi connectivity index (χ0) is 17.6. The number of carbonyl (C=O) groups is 1. The van der Waals surface area contributed by atoms with E-state index in [4.69, 9.17) is 0 Å². The first-order valence-corrected chi connectivity index (χ1v) is 8.57. The molecule has 128 valence electrons. The van der Waals surface area contributed by atoms with Crippen molar-refractivity contribution in [3.05, 3.63) is 58.5 Å². The van der Waals surface area contributed by atoms with Gasteiger partial charge in [-0.2, -0.15) is 0 Å². The predicted octanol–water partition coefficient (Wildman–Crippen LogP) is 2.70. The van der Waals surface area contributed by atoms with Crippen molar-refractivity contribution in [2.45, 2.75) is 25.2 Å². The number of benzene rings is 1. The second-order valence-corrected chi connectivity index (χ2v) is 7.01. The molecule has 5 heteroatoms. The van der Waals surface area contributed by atoms with Crippen LogP contribution in [0.5, 0.6) is 0 Å². The Labute approximate surface area is 145 Å². The minimum atomic E-state index is -0.758. The SMILES string of the molecule is Cn1ccc2ccc(-c3ccc([C@@]4(C)CCCNC4=O)c(=O)[nH]3)cc21. The Bertz CT molecular complexity index is 1030. The summed E-state index contributed by atoms with van der Waals surface area (Å²) in [4.78, 5) is 28.0. The topological polar surface area (TPSA) is 66.9 Å². The van der Waals surface area contributed by atoms with Gasteiger partial charge in [0.2, 0.25) is 5.91 Å². The van der Waals surface area contributed by atoms with Crippen molar-refractivity contribution in [3.8, 4) is 11.3 Å². The lowest BCUT2D eigenvalue weighted by Gasteiger charge is -2.32. The highest BCUT2D eigenvalue weighted by Gasteiger charge is 2.39. The molecule has 0 spiro atoms. The maximum atomic E-state index is 12.7. The van der Waals surface area contributed by atoms with Crippen LogP contribution in [0.4, 0.5) is 0 Å². The van der Waals surface area contributed by atoms with Crippen LogP contribution < -0.4 is 10.9 Å². The molecule has 0 radical (unpaired) electrons. The van der Waals surface area contributed by atoms with E-state index < -0.39 is 5.41 Å². The summed E-state index contributed by atoms with van der Waals surface area (Å²) in [6.07, 6.45) is 3.59. The normalized spacial score (nSPS) is 20.6. The van der Waals surface area contributed by atoms with Gasteiger partial charge in [-0.05, 0) is 43.4 Å². The van der Waals surface area contributed by atoms with E-state index in [9.17, 15) is 9.59 Å². The van der Waals surface area contributed by atoms with E-state index in [2.05, 4.69) is 27.0 Å². The van der Waals surface area contributed by atoms with Crippen molar-refractivity contribution in [2.75, 3.05) is 6.54 Å². The Morgan fingerprint density at radius 2 is 1.96 bits per heavy atom. The molecular formula is C20H21N3O2. The summed E-state index contributed by atoms with van der Waals surface area (Å²) in [5.74, 6) is -0.0674. The molecule has 3 heterocycles. The molecule has 2 aromatic heterocycles. The lowest BCUT2D eigenvalue weighted by atomic mass is 9.76. The summed E-state index contributed by atoms with van der Waals surface area (Å²) in [5.41, 5.74) is 2.42. The molecule has 0 unspecified atom stereocenters. The molecular weight excluding hydrogens is 314 g/mol. The minimum absolute atomic E-state index is 0.0674. The van der Waals surface area contributed by atoms with E-state index in [0.29, 0.717) is 18.5 Å². The van der Waals surface area contributed by atoms with E-state index in [1.807, 2.05) is 38.4 Å². The van der Waals surface area contributed by atoms with Gasteiger partial charge in [0.25, 0.3) is 5.56 Å². The third kappa shape index (κ3) is 2.47. The number of nitrogens with zero attached hydrogens (tertiary/aromatic N) is 1. The number of fused-ring (bicyclic) bond motifs is 1. The highest BCUT2D eigenvalue weighted by atomic mass is 16.2. The highest BCUT2D eigenvalue weighted by molar-refractivity contribution is 5.88. The molecule has 0 bridgehead atoms. The van der Waals surface area contributed by atoms with Crippen molar-refractivity contribution in [1.82, 2.24) is 14.9 Å². The Balaban J connectivity index is 1.77. The summed E-state index contributed by atoms with van der Waals surface area (Å²) >= 11 is 0. The van der Waals surface area contributed by atoms with Crippen LogP contribution in [0.15, 0.2) is 47.4 Å². The van der Waals surface area contributed by atoms with Gasteiger partial charge in [0.05, 0.1) is 5.41 Å². The fraction of sp³-hybridized carbons (Fsp3) is 0.300. The van der Waals surface area contributed by atoms with Gasteiger partial charge < -0.3 is 14.9 Å². The number of hydrogen-bond acceptors (Lipinski definition) is 2. The number of hydrogen-bond donors (Lipinski definition) is 2. The Kier molecular flexibility index (Phi) is 3.53. The lowest BCUT2D eigenvalue weighted by Crippen LogP contribution is -2.49. The van der Waals surface area contributed by atoms with Gasteiger partial charge >= 0.3 is 0 Å². The minimum Gasteiger partial charge on any atom is -0.355 e. The summed E-state index contributed by atoms with van der Waals surface area (Å²) in [6.45, 7) is 2.53. The second kappa shape index (κ2) is 5.62. The number of amides is 1. The largest absolute Gasteiger partial charge is 0.355 e. The quantitative estimate of drug-likeness (QED) is 0.756. The van der Waals surface area contributed by atoms with E-state index in [-0.39, 0.29) is 11.5 Å². The third-order valence-corrected chi connectivity index (χ3v) is 5.34. The van der Waals surface area contributed by atoms with Crippen LogP contribution in [0.3, 0.4) is 0 Å². The van der Waals surface area contributed by atoms with Crippen molar-refractivity contribution in [3.63, 3.8) is 0 Å². The predicted molar refractivity (Wildman–Crippen MR) is 98.6 cm³/mol. The van der Waals surface area contributed by atoms with Crippen molar-refractivity contribution in [2.24, 2.45) is 7.05 Å². The fourth-order valence-corrected chi connectivity index (χ4v) is 3.72. The monoisotopic (exact) mass is 335 g/mol. The molecule has 5 nitrogen and oxygen atoms in total. The van der Waals surface area contributed by atoms with Gasteiger partial charge in [-0.3, -0.25) is 9.59 Å². The molecule has 1 aromatic carbocycles. The van der Waals surface area contributed by atoms with E-state index in [1.165, 1.54) is 0 Å². The summed E-state index contributed by atoms with van der Waals surface area (Å²) in [5, 5.41) is 4.04.